The predicted molar refractivity (Wildman–Crippen MR) is 160 cm³/mol. The van der Waals surface area contributed by atoms with Crippen LogP contribution in [-0.4, -0.2) is 44.2 Å². The maximum atomic E-state index is 6.01. The van der Waals surface area contributed by atoms with Crippen LogP contribution in [0.15, 0.2) is 0 Å². The van der Waals surface area contributed by atoms with E-state index in [0.29, 0.717) is 0 Å². The average molecular weight is 566 g/mol. The normalized spacial score (nSPS) is 16.5. The maximum absolute atomic E-state index is 6.01. The topological polar surface area (TPSA) is 18.5 Å². The summed E-state index contributed by atoms with van der Waals surface area (Å²) in [6.45, 7) is 8.73. The molecule has 0 unspecified atom stereocenters. The second-order valence-corrected chi connectivity index (χ2v) is 22.8. The number of halogens is 1. The first-order chi connectivity index (χ1) is 16.6. The van der Waals surface area contributed by atoms with Gasteiger partial charge in [-0.15, -0.1) is 0 Å². The van der Waals surface area contributed by atoms with Gasteiger partial charge in [0.25, 0.3) is 0 Å². The molecule has 0 spiro atoms. The predicted octanol–water partition coefficient (Wildman–Crippen LogP) is 11.1. The van der Waals surface area contributed by atoms with E-state index < -0.39 is 5.31 Å². The summed E-state index contributed by atoms with van der Waals surface area (Å²) in [5, 5.41) is -1.93. The number of ether oxygens (including phenoxy) is 2. The van der Waals surface area contributed by atoms with Crippen molar-refractivity contribution in [1.82, 2.24) is 0 Å². The molecule has 4 heteroatoms. The van der Waals surface area contributed by atoms with E-state index in [9.17, 15) is 0 Å². The van der Waals surface area contributed by atoms with Gasteiger partial charge in [-0.05, 0) is 0 Å². The minimum atomic E-state index is -1.93. The fourth-order valence-corrected chi connectivity index (χ4v) is 13.8. The van der Waals surface area contributed by atoms with E-state index in [1.165, 1.54) is 140 Å². The van der Waals surface area contributed by atoms with Crippen LogP contribution in [0.2, 0.25) is 0 Å². The van der Waals surface area contributed by atoms with Crippen molar-refractivity contribution in [2.75, 3.05) is 37.9 Å². The van der Waals surface area contributed by atoms with Gasteiger partial charge in [-0.25, -0.2) is 0 Å². The van der Waals surface area contributed by atoms with E-state index in [0.717, 1.165) is 26.1 Å². The molecule has 0 aromatic rings. The standard InChI is InChI=1S/C30H62BrO2P/c1-4-7-10-13-16-19-26-34(31,27-20-17-14-11-8-5-2,28-21-18-15-12-9-6-3)29-23-30-32-24-22-25-33-30/h30H,4-29H2,1-3H3. The molecule has 0 aliphatic carbocycles. The summed E-state index contributed by atoms with van der Waals surface area (Å²) in [5.74, 6) is 0. The molecule has 0 N–H and O–H groups in total. The molecule has 2 nitrogen and oxygen atoms in total. The summed E-state index contributed by atoms with van der Waals surface area (Å²) < 4.78 is 12.0. The Morgan fingerprint density at radius 3 is 1.26 bits per heavy atom. The Kier molecular flexibility index (Phi) is 20.1. The summed E-state index contributed by atoms with van der Waals surface area (Å²) in [4.78, 5) is 0. The van der Waals surface area contributed by atoms with Crippen LogP contribution in [-0.2, 0) is 9.47 Å². The Balaban J connectivity index is 2.75. The number of rotatable bonds is 24. The molecule has 0 atom stereocenters. The molecule has 1 fully saturated rings. The SMILES string of the molecule is CCCCCCCCP(Br)(CCCCCCCC)(CCCCCCCC)CCC1OCCCO1. The van der Waals surface area contributed by atoms with Crippen molar-refractivity contribution >= 4 is 20.8 Å². The summed E-state index contributed by atoms with van der Waals surface area (Å²) >= 11 is 4.69. The molecule has 1 heterocycles. The van der Waals surface area contributed by atoms with Crippen LogP contribution in [0.1, 0.15) is 149 Å². The van der Waals surface area contributed by atoms with E-state index in [1.54, 1.807) is 0 Å². The average Bonchev–Trinajstić information content (AvgIpc) is 2.86. The molecule has 0 saturated carbocycles. The van der Waals surface area contributed by atoms with E-state index in [1.807, 2.05) is 0 Å². The third kappa shape index (κ3) is 15.8. The first kappa shape index (κ1) is 32.9. The first-order valence-electron chi connectivity index (χ1n) is 15.5. The Morgan fingerprint density at radius 2 is 0.882 bits per heavy atom. The zero-order chi connectivity index (χ0) is 24.8. The molecule has 0 bridgehead atoms. The third-order valence-corrected chi connectivity index (χ3v) is 18.0. The number of hydrogen-bond acceptors (Lipinski definition) is 2. The second-order valence-electron chi connectivity index (χ2n) is 11.3. The molecule has 1 rings (SSSR count). The quantitative estimate of drug-likeness (QED) is 0.0856. The van der Waals surface area contributed by atoms with E-state index in [2.05, 4.69) is 36.3 Å². The van der Waals surface area contributed by atoms with Crippen molar-refractivity contribution in [3.05, 3.63) is 0 Å². The molecule has 0 radical (unpaired) electrons. The van der Waals surface area contributed by atoms with Gasteiger partial charge in [0.05, 0.1) is 0 Å². The Hall–Kier alpha value is 0.830. The molecule has 0 amide bonds. The zero-order valence-electron chi connectivity index (χ0n) is 23.6. The molecule has 34 heavy (non-hydrogen) atoms. The molecule has 1 aliphatic heterocycles. The van der Waals surface area contributed by atoms with Gasteiger partial charge in [0.1, 0.15) is 0 Å². The van der Waals surface area contributed by atoms with E-state index in [4.69, 9.17) is 9.47 Å². The van der Waals surface area contributed by atoms with Crippen LogP contribution in [0.5, 0.6) is 0 Å². The van der Waals surface area contributed by atoms with Crippen LogP contribution in [0, 0.1) is 0 Å². The summed E-state index contributed by atoms with van der Waals surface area (Å²) in [6.07, 6.45) is 33.2. The third-order valence-electron chi connectivity index (χ3n) is 8.03. The summed E-state index contributed by atoms with van der Waals surface area (Å²) in [6, 6.07) is 0. The molecule has 0 aromatic heterocycles. The van der Waals surface area contributed by atoms with Gasteiger partial charge in [-0.1, -0.05) is 0 Å². The zero-order valence-corrected chi connectivity index (χ0v) is 26.1. The first-order valence-corrected chi connectivity index (χ1v) is 20.5. The van der Waals surface area contributed by atoms with Gasteiger partial charge in [0.15, 0.2) is 0 Å². The molecule has 206 valence electrons. The molecular formula is C30H62BrO2P. The molecule has 1 aliphatic rings. The second kappa shape index (κ2) is 20.8. The van der Waals surface area contributed by atoms with E-state index in [-0.39, 0.29) is 6.29 Å². The number of hydrogen-bond donors (Lipinski definition) is 0. The van der Waals surface area contributed by atoms with Crippen molar-refractivity contribution in [3.63, 3.8) is 0 Å². The van der Waals surface area contributed by atoms with Gasteiger partial charge in [0, 0.05) is 0 Å². The minimum absolute atomic E-state index is 0.0477. The Morgan fingerprint density at radius 1 is 0.529 bits per heavy atom. The van der Waals surface area contributed by atoms with Crippen molar-refractivity contribution in [3.8, 4) is 0 Å². The van der Waals surface area contributed by atoms with Crippen molar-refractivity contribution in [2.24, 2.45) is 0 Å². The Labute approximate surface area is 223 Å². The fraction of sp³-hybridized carbons (Fsp3) is 1.00. The van der Waals surface area contributed by atoms with E-state index >= 15 is 0 Å². The molecule has 0 aromatic carbocycles. The van der Waals surface area contributed by atoms with Crippen LogP contribution in [0.25, 0.3) is 0 Å². The Bertz CT molecular complexity index is 410. The molecular weight excluding hydrogens is 503 g/mol. The molecule has 1 saturated heterocycles. The van der Waals surface area contributed by atoms with Gasteiger partial charge in [-0.3, -0.25) is 0 Å². The van der Waals surface area contributed by atoms with Gasteiger partial charge in [0.2, 0.25) is 0 Å². The van der Waals surface area contributed by atoms with Gasteiger partial charge >= 0.3 is 224 Å². The van der Waals surface area contributed by atoms with Crippen LogP contribution >= 0.6 is 20.8 Å². The monoisotopic (exact) mass is 564 g/mol. The van der Waals surface area contributed by atoms with Crippen LogP contribution in [0.3, 0.4) is 0 Å². The summed E-state index contributed by atoms with van der Waals surface area (Å²) in [7, 11) is 0. The van der Waals surface area contributed by atoms with Crippen molar-refractivity contribution < 1.29 is 9.47 Å². The fourth-order valence-electron chi connectivity index (χ4n) is 5.66. The van der Waals surface area contributed by atoms with Gasteiger partial charge in [-0.2, -0.15) is 0 Å². The van der Waals surface area contributed by atoms with Crippen LogP contribution in [0.4, 0.5) is 0 Å². The van der Waals surface area contributed by atoms with Crippen molar-refractivity contribution in [2.45, 2.75) is 155 Å². The number of unbranched alkanes of at least 4 members (excludes halogenated alkanes) is 15. The summed E-state index contributed by atoms with van der Waals surface area (Å²) in [5.41, 5.74) is 0. The van der Waals surface area contributed by atoms with Crippen LogP contribution < -0.4 is 0 Å². The van der Waals surface area contributed by atoms with Crippen molar-refractivity contribution in [1.29, 1.82) is 0 Å². The van der Waals surface area contributed by atoms with Gasteiger partial charge < -0.3 is 0 Å².